The van der Waals surface area contributed by atoms with Gasteiger partial charge in [0.2, 0.25) is 0 Å². The van der Waals surface area contributed by atoms with Gasteiger partial charge in [0.1, 0.15) is 0 Å². The molecule has 0 saturated heterocycles. The molecule has 1 aromatic carbocycles. The predicted octanol–water partition coefficient (Wildman–Crippen LogP) is 1.40. The van der Waals surface area contributed by atoms with E-state index in [0.717, 1.165) is 24.2 Å². The van der Waals surface area contributed by atoms with E-state index in [9.17, 15) is 0 Å². The van der Waals surface area contributed by atoms with E-state index in [2.05, 4.69) is 6.07 Å². The zero-order valence-electron chi connectivity index (χ0n) is 7.45. The van der Waals surface area contributed by atoms with Gasteiger partial charge in [0, 0.05) is 6.54 Å². The molecule has 0 spiro atoms. The minimum absolute atomic E-state index is 0.538. The molecule has 0 bridgehead atoms. The Balaban J connectivity index is 2.32. The van der Waals surface area contributed by atoms with Crippen LogP contribution in [-0.4, -0.2) is 6.61 Å². The standard InChI is InChI=1S/C10H13NO2/c11-7-8-3-4-9-2-1-5-12-13-10(9)6-8/h3-4,6H,1-2,5,7,11H2. The molecule has 0 fully saturated rings. The van der Waals surface area contributed by atoms with Crippen LogP contribution in [0, 0.1) is 0 Å². The van der Waals surface area contributed by atoms with Crippen molar-refractivity contribution in [1.82, 2.24) is 0 Å². The number of benzene rings is 1. The molecule has 0 aliphatic carbocycles. The van der Waals surface area contributed by atoms with Crippen LogP contribution in [0.15, 0.2) is 18.2 Å². The topological polar surface area (TPSA) is 44.5 Å². The summed E-state index contributed by atoms with van der Waals surface area (Å²) in [6.07, 6.45) is 2.02. The molecule has 3 heteroatoms. The molecule has 1 heterocycles. The number of hydrogen-bond acceptors (Lipinski definition) is 3. The summed E-state index contributed by atoms with van der Waals surface area (Å²) >= 11 is 0. The van der Waals surface area contributed by atoms with E-state index >= 15 is 0 Å². The van der Waals surface area contributed by atoms with Crippen molar-refractivity contribution in [2.75, 3.05) is 6.61 Å². The van der Waals surface area contributed by atoms with E-state index in [1.165, 1.54) is 5.56 Å². The Labute approximate surface area is 77.4 Å². The van der Waals surface area contributed by atoms with Crippen molar-refractivity contribution in [2.24, 2.45) is 5.73 Å². The van der Waals surface area contributed by atoms with E-state index < -0.39 is 0 Å². The van der Waals surface area contributed by atoms with Crippen LogP contribution in [0.5, 0.6) is 5.75 Å². The van der Waals surface area contributed by atoms with Gasteiger partial charge in [0.05, 0.1) is 6.61 Å². The highest BCUT2D eigenvalue weighted by atomic mass is 17.2. The lowest BCUT2D eigenvalue weighted by Gasteiger charge is -2.05. The zero-order chi connectivity index (χ0) is 9.10. The summed E-state index contributed by atoms with van der Waals surface area (Å²) in [6.45, 7) is 1.20. The minimum atomic E-state index is 0.538. The average Bonchev–Trinajstić information content (AvgIpc) is 2.41. The molecule has 1 aliphatic rings. The number of hydrogen-bond donors (Lipinski definition) is 1. The van der Waals surface area contributed by atoms with Gasteiger partial charge in [-0.2, -0.15) is 4.89 Å². The van der Waals surface area contributed by atoms with Gasteiger partial charge in [0.25, 0.3) is 0 Å². The first-order valence-electron chi connectivity index (χ1n) is 4.51. The van der Waals surface area contributed by atoms with Gasteiger partial charge < -0.3 is 10.6 Å². The Morgan fingerprint density at radius 1 is 1.38 bits per heavy atom. The van der Waals surface area contributed by atoms with Gasteiger partial charge in [-0.3, -0.25) is 0 Å². The summed E-state index contributed by atoms with van der Waals surface area (Å²) in [6, 6.07) is 6.04. The maximum atomic E-state index is 5.53. The van der Waals surface area contributed by atoms with E-state index in [1.54, 1.807) is 0 Å². The van der Waals surface area contributed by atoms with Crippen molar-refractivity contribution >= 4 is 0 Å². The second-order valence-electron chi connectivity index (χ2n) is 3.16. The highest BCUT2D eigenvalue weighted by Gasteiger charge is 2.09. The van der Waals surface area contributed by atoms with Crippen molar-refractivity contribution in [3.8, 4) is 5.75 Å². The molecule has 2 rings (SSSR count). The van der Waals surface area contributed by atoms with Crippen molar-refractivity contribution in [1.29, 1.82) is 0 Å². The van der Waals surface area contributed by atoms with Gasteiger partial charge in [-0.15, -0.1) is 0 Å². The van der Waals surface area contributed by atoms with Gasteiger partial charge >= 0.3 is 0 Å². The first-order valence-corrected chi connectivity index (χ1v) is 4.51. The van der Waals surface area contributed by atoms with Crippen LogP contribution in [0.3, 0.4) is 0 Å². The van der Waals surface area contributed by atoms with Crippen molar-refractivity contribution in [3.05, 3.63) is 29.3 Å². The van der Waals surface area contributed by atoms with Crippen molar-refractivity contribution in [2.45, 2.75) is 19.4 Å². The lowest BCUT2D eigenvalue weighted by Crippen LogP contribution is -1.99. The van der Waals surface area contributed by atoms with Gasteiger partial charge in [-0.25, -0.2) is 0 Å². The number of nitrogens with two attached hydrogens (primary N) is 1. The van der Waals surface area contributed by atoms with Crippen LogP contribution in [0.4, 0.5) is 0 Å². The molecule has 1 aromatic rings. The molecule has 1 aliphatic heterocycles. The number of fused-ring (bicyclic) bond motifs is 1. The van der Waals surface area contributed by atoms with Crippen LogP contribution in [0.2, 0.25) is 0 Å². The molecule has 0 amide bonds. The average molecular weight is 179 g/mol. The molecule has 13 heavy (non-hydrogen) atoms. The predicted molar refractivity (Wildman–Crippen MR) is 49.2 cm³/mol. The SMILES string of the molecule is NCc1ccc2c(c1)OOCCC2. The summed E-state index contributed by atoms with van der Waals surface area (Å²) in [7, 11) is 0. The fraction of sp³-hybridized carbons (Fsp3) is 0.400. The highest BCUT2D eigenvalue weighted by molar-refractivity contribution is 5.37. The maximum Gasteiger partial charge on any atom is 0.168 e. The molecule has 2 N–H and O–H groups in total. The summed E-state index contributed by atoms with van der Waals surface area (Å²) in [5.41, 5.74) is 7.80. The fourth-order valence-electron chi connectivity index (χ4n) is 1.44. The van der Waals surface area contributed by atoms with Gasteiger partial charge in [0.15, 0.2) is 5.75 Å². The fourth-order valence-corrected chi connectivity index (χ4v) is 1.44. The molecule has 70 valence electrons. The molecule has 0 aromatic heterocycles. The third-order valence-corrected chi connectivity index (χ3v) is 2.19. The Morgan fingerprint density at radius 2 is 2.31 bits per heavy atom. The largest absolute Gasteiger partial charge is 0.337 e. The summed E-state index contributed by atoms with van der Waals surface area (Å²) in [5.74, 6) is 0.820. The third-order valence-electron chi connectivity index (χ3n) is 2.19. The molecule has 0 radical (unpaired) electrons. The quantitative estimate of drug-likeness (QED) is 0.663. The van der Waals surface area contributed by atoms with Crippen LogP contribution < -0.4 is 10.6 Å². The summed E-state index contributed by atoms with van der Waals surface area (Å²) in [5, 5.41) is 0. The van der Waals surface area contributed by atoms with E-state index in [0.29, 0.717) is 13.2 Å². The van der Waals surface area contributed by atoms with Crippen LogP contribution >= 0.6 is 0 Å². The van der Waals surface area contributed by atoms with Gasteiger partial charge in [-0.1, -0.05) is 12.1 Å². The summed E-state index contributed by atoms with van der Waals surface area (Å²) < 4.78 is 0. The third kappa shape index (κ3) is 1.82. The maximum absolute atomic E-state index is 5.53. The van der Waals surface area contributed by atoms with Crippen LogP contribution in [0.25, 0.3) is 0 Å². The Bertz CT molecular complexity index is 299. The first kappa shape index (κ1) is 8.53. The second-order valence-corrected chi connectivity index (χ2v) is 3.16. The smallest absolute Gasteiger partial charge is 0.168 e. The molecule has 0 atom stereocenters. The summed E-state index contributed by atoms with van der Waals surface area (Å²) in [4.78, 5) is 10.1. The van der Waals surface area contributed by atoms with Crippen molar-refractivity contribution < 1.29 is 9.78 Å². The van der Waals surface area contributed by atoms with E-state index in [-0.39, 0.29) is 0 Å². The normalized spacial score (nSPS) is 15.8. The van der Waals surface area contributed by atoms with Gasteiger partial charge in [-0.05, 0) is 30.0 Å². The molecular weight excluding hydrogens is 166 g/mol. The molecule has 3 nitrogen and oxygen atoms in total. The number of rotatable bonds is 1. The number of aryl methyl sites for hydroxylation is 1. The minimum Gasteiger partial charge on any atom is -0.337 e. The lowest BCUT2D eigenvalue weighted by molar-refractivity contribution is -0.203. The van der Waals surface area contributed by atoms with Crippen molar-refractivity contribution in [3.63, 3.8) is 0 Å². The Kier molecular flexibility index (Phi) is 2.47. The Morgan fingerprint density at radius 3 is 3.15 bits per heavy atom. The van der Waals surface area contributed by atoms with E-state index in [4.69, 9.17) is 15.5 Å². The Hall–Kier alpha value is -1.06. The second kappa shape index (κ2) is 3.77. The van der Waals surface area contributed by atoms with Crippen LogP contribution in [0.1, 0.15) is 17.5 Å². The molecule has 0 unspecified atom stereocenters. The zero-order valence-corrected chi connectivity index (χ0v) is 7.45. The van der Waals surface area contributed by atoms with E-state index in [1.807, 2.05) is 12.1 Å². The van der Waals surface area contributed by atoms with Crippen LogP contribution in [-0.2, 0) is 17.9 Å². The first-order chi connectivity index (χ1) is 6.40. The lowest BCUT2D eigenvalue weighted by atomic mass is 10.1. The molecular formula is C10H13NO2. The monoisotopic (exact) mass is 179 g/mol. The highest BCUT2D eigenvalue weighted by Crippen LogP contribution is 2.24. The molecule has 0 saturated carbocycles.